The van der Waals surface area contributed by atoms with Crippen LogP contribution in [0.5, 0.6) is 0 Å². The van der Waals surface area contributed by atoms with Gasteiger partial charge in [0.05, 0.1) is 0 Å². The summed E-state index contributed by atoms with van der Waals surface area (Å²) in [6, 6.07) is -0.424. The minimum atomic E-state index is -0.792. The van der Waals surface area contributed by atoms with Crippen molar-refractivity contribution in [3.05, 3.63) is 0 Å². The zero-order valence-corrected chi connectivity index (χ0v) is 7.87. The van der Waals surface area contributed by atoms with E-state index in [2.05, 4.69) is 0 Å². The van der Waals surface area contributed by atoms with Gasteiger partial charge in [-0.2, -0.15) is 0 Å². The Kier molecular flexibility index (Phi) is 3.66. The quantitative estimate of drug-likeness (QED) is 0.727. The molecule has 1 aliphatic rings. The molecule has 1 fully saturated rings. The first-order chi connectivity index (χ1) is 6.15. The largest absolute Gasteiger partial charge is 0.480 e. The fourth-order valence-electron chi connectivity index (χ4n) is 1.77. The predicted octanol–water partition coefficient (Wildman–Crippen LogP) is 1.28. The van der Waals surface area contributed by atoms with Gasteiger partial charge in [-0.3, -0.25) is 9.69 Å². The molecule has 0 saturated carbocycles. The second kappa shape index (κ2) is 4.56. The van der Waals surface area contributed by atoms with E-state index in [1.54, 1.807) is 0 Å². The van der Waals surface area contributed by atoms with Gasteiger partial charge < -0.3 is 5.11 Å². The molecular formula is C9H16FNO2. The number of halogens is 1. The molecule has 0 aromatic carbocycles. The zero-order valence-electron chi connectivity index (χ0n) is 7.87. The average molecular weight is 189 g/mol. The number of carboxylic acids is 1. The summed E-state index contributed by atoms with van der Waals surface area (Å²) >= 11 is 0. The van der Waals surface area contributed by atoms with Crippen molar-refractivity contribution in [3.63, 3.8) is 0 Å². The lowest BCUT2D eigenvalue weighted by molar-refractivity contribution is -0.144. The van der Waals surface area contributed by atoms with Gasteiger partial charge in [0.25, 0.3) is 0 Å². The van der Waals surface area contributed by atoms with Crippen LogP contribution in [-0.2, 0) is 4.79 Å². The summed E-state index contributed by atoms with van der Waals surface area (Å²) in [7, 11) is 0. The number of hydrogen-bond donors (Lipinski definition) is 1. The maximum Gasteiger partial charge on any atom is 0.320 e. The Morgan fingerprint density at radius 1 is 1.62 bits per heavy atom. The third-order valence-electron chi connectivity index (χ3n) is 2.57. The summed E-state index contributed by atoms with van der Waals surface area (Å²) in [5, 5.41) is 8.86. The van der Waals surface area contributed by atoms with Gasteiger partial charge >= 0.3 is 5.97 Å². The van der Waals surface area contributed by atoms with Gasteiger partial charge in [0.1, 0.15) is 12.2 Å². The van der Waals surface area contributed by atoms with Gasteiger partial charge in [0.15, 0.2) is 0 Å². The molecule has 1 saturated heterocycles. The number of likely N-dealkylation sites (tertiary alicyclic amines) is 1. The molecule has 0 bridgehead atoms. The minimum absolute atomic E-state index is 0.424. The Morgan fingerprint density at radius 3 is 2.54 bits per heavy atom. The molecule has 4 heteroatoms. The summed E-state index contributed by atoms with van der Waals surface area (Å²) < 4.78 is 12.8. The highest BCUT2D eigenvalue weighted by atomic mass is 19.1. The molecule has 0 radical (unpaired) electrons. The van der Waals surface area contributed by atoms with Gasteiger partial charge in [-0.15, -0.1) is 0 Å². The Bertz CT molecular complexity index is 178. The van der Waals surface area contributed by atoms with E-state index in [0.717, 1.165) is 0 Å². The average Bonchev–Trinajstić information content (AvgIpc) is 2.09. The second-order valence-electron chi connectivity index (χ2n) is 3.47. The Labute approximate surface area is 77.5 Å². The molecule has 1 N–H and O–H groups in total. The van der Waals surface area contributed by atoms with E-state index >= 15 is 0 Å². The van der Waals surface area contributed by atoms with Gasteiger partial charge in [-0.25, -0.2) is 4.39 Å². The fourth-order valence-corrected chi connectivity index (χ4v) is 1.77. The van der Waals surface area contributed by atoms with Crippen molar-refractivity contribution < 1.29 is 14.3 Å². The van der Waals surface area contributed by atoms with Crippen LogP contribution >= 0.6 is 0 Å². The number of piperidine rings is 1. The molecule has 0 aromatic heterocycles. The molecule has 76 valence electrons. The Morgan fingerprint density at radius 2 is 2.15 bits per heavy atom. The first-order valence-electron chi connectivity index (χ1n) is 4.76. The highest BCUT2D eigenvalue weighted by Gasteiger charge is 2.27. The van der Waals surface area contributed by atoms with Crippen molar-refractivity contribution >= 4 is 5.97 Å². The van der Waals surface area contributed by atoms with Gasteiger partial charge in [0.2, 0.25) is 0 Å². The highest BCUT2D eigenvalue weighted by molar-refractivity contribution is 5.73. The molecule has 1 atom stereocenters. The van der Waals surface area contributed by atoms with E-state index in [4.69, 9.17) is 5.11 Å². The zero-order chi connectivity index (χ0) is 9.84. The molecule has 1 heterocycles. The number of carbonyl (C=O) groups is 1. The van der Waals surface area contributed by atoms with Crippen LogP contribution in [0.15, 0.2) is 0 Å². The van der Waals surface area contributed by atoms with Crippen molar-refractivity contribution in [2.45, 2.75) is 38.4 Å². The Balaban J connectivity index is 2.46. The molecule has 0 spiro atoms. The third-order valence-corrected chi connectivity index (χ3v) is 2.57. The van der Waals surface area contributed by atoms with Crippen LogP contribution < -0.4 is 0 Å². The monoisotopic (exact) mass is 189 g/mol. The molecule has 0 amide bonds. The van der Waals surface area contributed by atoms with Gasteiger partial charge in [0, 0.05) is 13.1 Å². The molecule has 0 unspecified atom stereocenters. The van der Waals surface area contributed by atoms with Crippen LogP contribution in [0.4, 0.5) is 4.39 Å². The van der Waals surface area contributed by atoms with E-state index in [0.29, 0.717) is 32.4 Å². The number of carboxylic acid groups (broad SMARTS) is 1. The minimum Gasteiger partial charge on any atom is -0.480 e. The van der Waals surface area contributed by atoms with E-state index < -0.39 is 18.2 Å². The highest BCUT2D eigenvalue weighted by Crippen LogP contribution is 2.17. The summed E-state index contributed by atoms with van der Waals surface area (Å²) in [5.74, 6) is -0.792. The third kappa shape index (κ3) is 2.66. The first-order valence-corrected chi connectivity index (χ1v) is 4.76. The number of nitrogens with zero attached hydrogens (tertiary/aromatic N) is 1. The van der Waals surface area contributed by atoms with Crippen LogP contribution in [0.1, 0.15) is 26.2 Å². The fraction of sp³-hybridized carbons (Fsp3) is 0.889. The lowest BCUT2D eigenvalue weighted by atomic mass is 10.1. The summed E-state index contributed by atoms with van der Waals surface area (Å²) in [4.78, 5) is 12.6. The normalized spacial score (nSPS) is 22.9. The van der Waals surface area contributed by atoms with E-state index in [1.807, 2.05) is 11.8 Å². The van der Waals surface area contributed by atoms with E-state index in [-0.39, 0.29) is 0 Å². The van der Waals surface area contributed by atoms with Crippen molar-refractivity contribution in [2.24, 2.45) is 0 Å². The number of alkyl halides is 1. The molecule has 1 rings (SSSR count). The molecule has 13 heavy (non-hydrogen) atoms. The smallest absolute Gasteiger partial charge is 0.320 e. The number of rotatable bonds is 3. The maximum atomic E-state index is 12.8. The second-order valence-corrected chi connectivity index (χ2v) is 3.47. The van der Waals surface area contributed by atoms with Crippen LogP contribution in [0.2, 0.25) is 0 Å². The summed E-state index contributed by atoms with van der Waals surface area (Å²) in [5.41, 5.74) is 0. The molecule has 0 aliphatic carbocycles. The number of hydrogen-bond acceptors (Lipinski definition) is 2. The van der Waals surface area contributed by atoms with Crippen LogP contribution in [0, 0.1) is 0 Å². The van der Waals surface area contributed by atoms with Crippen LogP contribution in [0.3, 0.4) is 0 Å². The van der Waals surface area contributed by atoms with Crippen molar-refractivity contribution in [3.8, 4) is 0 Å². The van der Waals surface area contributed by atoms with E-state index in [9.17, 15) is 9.18 Å². The maximum absolute atomic E-state index is 12.8. The predicted molar refractivity (Wildman–Crippen MR) is 47.4 cm³/mol. The van der Waals surface area contributed by atoms with Gasteiger partial charge in [-0.05, 0) is 19.3 Å². The van der Waals surface area contributed by atoms with E-state index in [1.165, 1.54) is 0 Å². The molecule has 3 nitrogen and oxygen atoms in total. The number of aliphatic carboxylic acids is 1. The Hall–Kier alpha value is -0.640. The van der Waals surface area contributed by atoms with Crippen molar-refractivity contribution in [2.75, 3.05) is 13.1 Å². The lowest BCUT2D eigenvalue weighted by Crippen LogP contribution is -2.45. The van der Waals surface area contributed by atoms with Crippen LogP contribution in [0.25, 0.3) is 0 Å². The molecular weight excluding hydrogens is 173 g/mol. The van der Waals surface area contributed by atoms with Gasteiger partial charge in [-0.1, -0.05) is 6.92 Å². The lowest BCUT2D eigenvalue weighted by Gasteiger charge is -2.32. The standard InChI is InChI=1S/C9H16FNO2/c1-2-8(9(12)13)11-5-3-7(10)4-6-11/h7-8H,2-6H2,1H3,(H,12,13)/t8-/m0/s1. The first kappa shape index (κ1) is 10.4. The summed E-state index contributed by atoms with van der Waals surface area (Å²) in [6.45, 7) is 3.00. The topological polar surface area (TPSA) is 40.5 Å². The van der Waals surface area contributed by atoms with Crippen LogP contribution in [-0.4, -0.2) is 41.3 Å². The molecule has 1 aliphatic heterocycles. The molecule has 0 aromatic rings. The summed E-state index contributed by atoms with van der Waals surface area (Å²) in [6.07, 6.45) is 0.808. The van der Waals surface area contributed by atoms with Crippen molar-refractivity contribution in [1.82, 2.24) is 4.90 Å². The van der Waals surface area contributed by atoms with Crippen molar-refractivity contribution in [1.29, 1.82) is 0 Å². The SMILES string of the molecule is CC[C@@H](C(=O)O)N1CCC(F)CC1.